The van der Waals surface area contributed by atoms with E-state index in [1.54, 1.807) is 37.3 Å². The summed E-state index contributed by atoms with van der Waals surface area (Å²) in [6, 6.07) is 8.68. The molecule has 1 rings (SSSR count). The minimum absolute atomic E-state index is 0.0975. The largest absolute Gasteiger partial charge is 0.479 e. The third-order valence-electron chi connectivity index (χ3n) is 3.12. The number of ether oxygens (including phenoxy) is 1. The Labute approximate surface area is 112 Å². The van der Waals surface area contributed by atoms with Gasteiger partial charge in [-0.3, -0.25) is 4.79 Å². The molecule has 0 spiro atoms. The molecular formula is C14H19NO4. The molecule has 1 N–H and O–H groups in total. The van der Waals surface area contributed by atoms with E-state index in [0.717, 1.165) is 0 Å². The number of amides is 1. The summed E-state index contributed by atoms with van der Waals surface area (Å²) in [7, 11) is 1.43. The number of hydrogen-bond donors (Lipinski definition) is 1. The third-order valence-corrected chi connectivity index (χ3v) is 3.12. The second kappa shape index (κ2) is 6.33. The monoisotopic (exact) mass is 265 g/mol. The van der Waals surface area contributed by atoms with Gasteiger partial charge in [-0.15, -0.1) is 0 Å². The molecule has 0 aliphatic heterocycles. The van der Waals surface area contributed by atoms with Gasteiger partial charge in [0.2, 0.25) is 5.91 Å². The summed E-state index contributed by atoms with van der Waals surface area (Å²) in [4.78, 5) is 24.9. The molecule has 0 aromatic heterocycles. The van der Waals surface area contributed by atoms with Crippen LogP contribution in [0.5, 0.6) is 0 Å². The van der Waals surface area contributed by atoms with E-state index in [0.29, 0.717) is 12.1 Å². The summed E-state index contributed by atoms with van der Waals surface area (Å²) in [6.45, 7) is 3.30. The Balaban J connectivity index is 3.46. The van der Waals surface area contributed by atoms with Crippen LogP contribution in [0, 0.1) is 0 Å². The number of hydrogen-bond acceptors (Lipinski definition) is 3. The zero-order chi connectivity index (χ0) is 14.5. The Kier molecular flexibility index (Phi) is 5.06. The Morgan fingerprint density at radius 1 is 1.32 bits per heavy atom. The predicted octanol–water partition coefficient (Wildman–Crippen LogP) is 1.48. The highest BCUT2D eigenvalue weighted by Crippen LogP contribution is 2.29. The van der Waals surface area contributed by atoms with Crippen LogP contribution in [0.15, 0.2) is 30.3 Å². The standard InChI is InChI=1S/C14H19NO4/c1-4-15(11(2)16)14(10-19-3,13(17)18)12-8-6-5-7-9-12/h5-9H,4,10H2,1-3H3,(H,17,18). The van der Waals surface area contributed by atoms with Gasteiger partial charge in [0.15, 0.2) is 5.54 Å². The predicted molar refractivity (Wildman–Crippen MR) is 70.7 cm³/mol. The van der Waals surface area contributed by atoms with Crippen LogP contribution in [-0.2, 0) is 19.9 Å². The van der Waals surface area contributed by atoms with Crippen molar-refractivity contribution in [2.75, 3.05) is 20.3 Å². The van der Waals surface area contributed by atoms with Gasteiger partial charge in [0.05, 0.1) is 6.61 Å². The number of likely N-dealkylation sites (N-methyl/N-ethyl adjacent to an activating group) is 1. The van der Waals surface area contributed by atoms with E-state index in [9.17, 15) is 14.7 Å². The van der Waals surface area contributed by atoms with Crippen LogP contribution in [0.3, 0.4) is 0 Å². The van der Waals surface area contributed by atoms with E-state index in [-0.39, 0.29) is 12.5 Å². The van der Waals surface area contributed by atoms with Crippen molar-refractivity contribution >= 4 is 11.9 Å². The summed E-state index contributed by atoms with van der Waals surface area (Å²) >= 11 is 0. The lowest BCUT2D eigenvalue weighted by atomic mass is 9.88. The molecule has 0 heterocycles. The van der Waals surface area contributed by atoms with E-state index in [1.165, 1.54) is 18.9 Å². The zero-order valence-electron chi connectivity index (χ0n) is 11.4. The molecule has 0 fully saturated rings. The van der Waals surface area contributed by atoms with E-state index < -0.39 is 11.5 Å². The average molecular weight is 265 g/mol. The number of aliphatic carboxylic acids is 1. The molecule has 0 radical (unpaired) electrons. The van der Waals surface area contributed by atoms with Crippen LogP contribution in [-0.4, -0.2) is 42.1 Å². The Bertz CT molecular complexity index is 446. The number of carboxylic acid groups (broad SMARTS) is 1. The minimum Gasteiger partial charge on any atom is -0.479 e. The number of methoxy groups -OCH3 is 1. The average Bonchev–Trinajstić information content (AvgIpc) is 2.38. The van der Waals surface area contributed by atoms with Gasteiger partial charge in [-0.2, -0.15) is 0 Å². The maximum absolute atomic E-state index is 11.8. The smallest absolute Gasteiger partial charge is 0.336 e. The van der Waals surface area contributed by atoms with Crippen LogP contribution in [0.1, 0.15) is 19.4 Å². The number of rotatable bonds is 6. The van der Waals surface area contributed by atoms with Crippen LogP contribution >= 0.6 is 0 Å². The molecule has 19 heavy (non-hydrogen) atoms. The van der Waals surface area contributed by atoms with Crippen molar-refractivity contribution < 1.29 is 19.4 Å². The molecule has 0 aliphatic rings. The highest BCUT2D eigenvalue weighted by Gasteiger charge is 2.47. The van der Waals surface area contributed by atoms with Crippen molar-refractivity contribution in [2.45, 2.75) is 19.4 Å². The topological polar surface area (TPSA) is 66.8 Å². The van der Waals surface area contributed by atoms with Gasteiger partial charge in [0.25, 0.3) is 0 Å². The summed E-state index contributed by atoms with van der Waals surface area (Å²) in [5.41, 5.74) is -0.960. The number of carboxylic acids is 1. The summed E-state index contributed by atoms with van der Waals surface area (Å²) < 4.78 is 5.08. The van der Waals surface area contributed by atoms with Crippen molar-refractivity contribution in [1.82, 2.24) is 4.90 Å². The van der Waals surface area contributed by atoms with Gasteiger partial charge >= 0.3 is 5.97 Å². The Morgan fingerprint density at radius 2 is 1.89 bits per heavy atom. The molecule has 0 bridgehead atoms. The third kappa shape index (κ3) is 2.76. The molecule has 1 aromatic carbocycles. The Morgan fingerprint density at radius 3 is 2.26 bits per heavy atom. The Hall–Kier alpha value is -1.88. The lowest BCUT2D eigenvalue weighted by Crippen LogP contribution is -2.56. The maximum atomic E-state index is 11.8. The van der Waals surface area contributed by atoms with Crippen molar-refractivity contribution in [2.24, 2.45) is 0 Å². The second-order valence-corrected chi connectivity index (χ2v) is 4.23. The van der Waals surface area contributed by atoms with Crippen molar-refractivity contribution in [3.05, 3.63) is 35.9 Å². The van der Waals surface area contributed by atoms with E-state index in [4.69, 9.17) is 4.74 Å². The van der Waals surface area contributed by atoms with Crippen molar-refractivity contribution in [3.63, 3.8) is 0 Å². The number of carbonyl (C=O) groups is 2. The molecule has 1 aromatic rings. The highest BCUT2D eigenvalue weighted by molar-refractivity contribution is 5.87. The summed E-state index contributed by atoms with van der Waals surface area (Å²) in [6.07, 6.45) is 0. The zero-order valence-corrected chi connectivity index (χ0v) is 11.4. The number of nitrogens with zero attached hydrogens (tertiary/aromatic N) is 1. The fourth-order valence-electron chi connectivity index (χ4n) is 2.30. The molecule has 5 nitrogen and oxygen atoms in total. The molecular weight excluding hydrogens is 246 g/mol. The van der Waals surface area contributed by atoms with Gasteiger partial charge in [-0.1, -0.05) is 30.3 Å². The minimum atomic E-state index is -1.49. The van der Waals surface area contributed by atoms with Gasteiger partial charge in [-0.25, -0.2) is 4.79 Å². The molecule has 1 amide bonds. The summed E-state index contributed by atoms with van der Waals surface area (Å²) in [5.74, 6) is -1.40. The van der Waals surface area contributed by atoms with Gasteiger partial charge in [-0.05, 0) is 12.5 Å². The SMILES string of the molecule is CCN(C(C)=O)C(COC)(C(=O)O)c1ccccc1. The van der Waals surface area contributed by atoms with Crippen LogP contribution in [0.25, 0.3) is 0 Å². The van der Waals surface area contributed by atoms with E-state index >= 15 is 0 Å². The van der Waals surface area contributed by atoms with Gasteiger partial charge in [0, 0.05) is 20.6 Å². The first kappa shape index (κ1) is 15.2. The first-order valence-electron chi connectivity index (χ1n) is 6.06. The summed E-state index contributed by atoms with van der Waals surface area (Å²) in [5, 5.41) is 9.68. The molecule has 1 atom stereocenters. The number of carbonyl (C=O) groups excluding carboxylic acids is 1. The van der Waals surface area contributed by atoms with E-state index in [2.05, 4.69) is 0 Å². The van der Waals surface area contributed by atoms with Crippen LogP contribution < -0.4 is 0 Å². The normalized spacial score (nSPS) is 13.6. The van der Waals surface area contributed by atoms with Crippen molar-refractivity contribution in [1.29, 1.82) is 0 Å². The molecule has 1 unspecified atom stereocenters. The van der Waals surface area contributed by atoms with Crippen LogP contribution in [0.2, 0.25) is 0 Å². The number of benzene rings is 1. The van der Waals surface area contributed by atoms with Gasteiger partial charge < -0.3 is 14.7 Å². The van der Waals surface area contributed by atoms with Gasteiger partial charge in [0.1, 0.15) is 0 Å². The lowest BCUT2D eigenvalue weighted by molar-refractivity contribution is -0.163. The second-order valence-electron chi connectivity index (χ2n) is 4.23. The molecule has 5 heteroatoms. The molecule has 0 saturated carbocycles. The first-order chi connectivity index (χ1) is 9.00. The quantitative estimate of drug-likeness (QED) is 0.846. The first-order valence-corrected chi connectivity index (χ1v) is 6.06. The fraction of sp³-hybridized carbons (Fsp3) is 0.429. The molecule has 0 saturated heterocycles. The molecule has 0 aliphatic carbocycles. The lowest BCUT2D eigenvalue weighted by Gasteiger charge is -2.39. The highest BCUT2D eigenvalue weighted by atomic mass is 16.5. The van der Waals surface area contributed by atoms with E-state index in [1.807, 2.05) is 0 Å². The fourth-order valence-corrected chi connectivity index (χ4v) is 2.30. The van der Waals surface area contributed by atoms with Crippen LogP contribution in [0.4, 0.5) is 0 Å². The molecule has 104 valence electrons. The van der Waals surface area contributed by atoms with Crippen molar-refractivity contribution in [3.8, 4) is 0 Å². The maximum Gasteiger partial charge on any atom is 0.336 e.